The zero-order chi connectivity index (χ0) is 41.4. The number of para-hydroxylation sites is 3. The van der Waals surface area contributed by atoms with Crippen LogP contribution in [0.5, 0.6) is 0 Å². The lowest BCUT2D eigenvalue weighted by molar-refractivity contribution is 0.669. The highest BCUT2D eigenvalue weighted by Crippen LogP contribution is 2.43. The fraction of sp³-hybridized carbons (Fsp3) is 0. The van der Waals surface area contributed by atoms with Crippen molar-refractivity contribution in [3.05, 3.63) is 231 Å². The molecule has 0 unspecified atom stereocenters. The Morgan fingerprint density at radius 3 is 1.44 bits per heavy atom. The monoisotopic (exact) mass is 802 g/mol. The van der Waals surface area contributed by atoms with E-state index in [4.69, 9.17) is 4.42 Å². The van der Waals surface area contributed by atoms with Crippen molar-refractivity contribution < 1.29 is 4.42 Å². The Labute approximate surface area is 363 Å². The predicted octanol–water partition coefficient (Wildman–Crippen LogP) is 16.9. The van der Waals surface area contributed by atoms with Gasteiger partial charge in [-0.15, -0.1) is 0 Å². The molecule has 2 aromatic heterocycles. The van der Waals surface area contributed by atoms with Crippen LogP contribution in [-0.4, -0.2) is 4.57 Å². The van der Waals surface area contributed by atoms with Gasteiger partial charge < -0.3 is 13.9 Å². The van der Waals surface area contributed by atoms with Crippen LogP contribution in [0.2, 0.25) is 0 Å². The standard InChI is InChI=1S/C60H38N2O/c1-2-17-49-47(15-1)48-16-3-4-18-50(48)55-38-45(35-36-51(49)55)61(43-13-11-14-44(37-43)62-56-23-8-5-19-52(56)53-20-6-9-24-57(53)62)42-33-31-40(32-34-42)39-27-29-41(30-28-39)46-22-12-26-59-60(46)54-21-7-10-25-58(54)63-59/h1-38H. The van der Waals surface area contributed by atoms with Gasteiger partial charge in [0.05, 0.1) is 11.0 Å². The Morgan fingerprint density at radius 2 is 0.778 bits per heavy atom. The van der Waals surface area contributed by atoms with Crippen LogP contribution in [0.3, 0.4) is 0 Å². The van der Waals surface area contributed by atoms with Crippen LogP contribution in [-0.2, 0) is 0 Å². The highest BCUT2D eigenvalue weighted by molar-refractivity contribution is 6.26. The lowest BCUT2D eigenvalue weighted by Crippen LogP contribution is -2.10. The van der Waals surface area contributed by atoms with Gasteiger partial charge in [0.1, 0.15) is 11.2 Å². The van der Waals surface area contributed by atoms with Gasteiger partial charge in [-0.1, -0.05) is 164 Å². The molecule has 3 heteroatoms. The maximum atomic E-state index is 6.21. The quantitative estimate of drug-likeness (QED) is 0.156. The van der Waals surface area contributed by atoms with Gasteiger partial charge in [0.15, 0.2) is 0 Å². The van der Waals surface area contributed by atoms with E-state index in [-0.39, 0.29) is 0 Å². The first kappa shape index (κ1) is 35.4. The highest BCUT2D eigenvalue weighted by Gasteiger charge is 2.19. The molecular weight excluding hydrogens is 765 g/mol. The van der Waals surface area contributed by atoms with Crippen molar-refractivity contribution >= 4 is 93.1 Å². The lowest BCUT2D eigenvalue weighted by atomic mass is 9.94. The number of furan rings is 1. The second-order valence-corrected chi connectivity index (χ2v) is 16.4. The van der Waals surface area contributed by atoms with Crippen LogP contribution in [0.4, 0.5) is 17.1 Å². The first-order chi connectivity index (χ1) is 31.2. The Kier molecular flexibility index (Phi) is 7.91. The number of fused-ring (bicyclic) bond motifs is 12. The number of benzene rings is 11. The van der Waals surface area contributed by atoms with Crippen LogP contribution >= 0.6 is 0 Å². The summed E-state index contributed by atoms with van der Waals surface area (Å²) < 4.78 is 8.61. The molecule has 0 saturated heterocycles. The number of aromatic nitrogens is 1. The van der Waals surface area contributed by atoms with Crippen molar-refractivity contribution in [1.29, 1.82) is 0 Å². The van der Waals surface area contributed by atoms with E-state index in [9.17, 15) is 0 Å². The molecule has 0 radical (unpaired) electrons. The maximum absolute atomic E-state index is 6.21. The molecule has 0 bridgehead atoms. The second kappa shape index (κ2) is 14.1. The summed E-state index contributed by atoms with van der Waals surface area (Å²) in [5, 5.41) is 12.3. The largest absolute Gasteiger partial charge is 0.456 e. The molecule has 63 heavy (non-hydrogen) atoms. The van der Waals surface area contributed by atoms with Crippen LogP contribution in [0.25, 0.3) is 104 Å². The van der Waals surface area contributed by atoms with Crippen LogP contribution < -0.4 is 4.90 Å². The summed E-state index contributed by atoms with van der Waals surface area (Å²) in [6, 6.07) is 83.6. The third-order valence-corrected chi connectivity index (χ3v) is 13.0. The summed E-state index contributed by atoms with van der Waals surface area (Å²) in [7, 11) is 0. The normalized spacial score (nSPS) is 11.8. The Bertz CT molecular complexity index is 3820. The minimum absolute atomic E-state index is 0.909. The van der Waals surface area contributed by atoms with Crippen molar-refractivity contribution in [2.75, 3.05) is 4.90 Å². The number of rotatable bonds is 6. The first-order valence-corrected chi connectivity index (χ1v) is 21.6. The number of anilines is 3. The average Bonchev–Trinajstić information content (AvgIpc) is 3.91. The van der Waals surface area contributed by atoms with Gasteiger partial charge in [0.25, 0.3) is 0 Å². The summed E-state index contributed by atoms with van der Waals surface area (Å²) in [5.41, 5.74) is 13.2. The molecule has 0 saturated carbocycles. The Balaban J connectivity index is 0.949. The zero-order valence-corrected chi connectivity index (χ0v) is 34.2. The maximum Gasteiger partial charge on any atom is 0.136 e. The zero-order valence-electron chi connectivity index (χ0n) is 34.2. The number of nitrogens with zero attached hydrogens (tertiary/aromatic N) is 2. The highest BCUT2D eigenvalue weighted by atomic mass is 16.3. The molecule has 0 aliphatic rings. The predicted molar refractivity (Wildman–Crippen MR) is 266 cm³/mol. The van der Waals surface area contributed by atoms with Gasteiger partial charge in [-0.2, -0.15) is 0 Å². The van der Waals surface area contributed by atoms with E-state index in [0.717, 1.165) is 50.3 Å². The summed E-state index contributed by atoms with van der Waals surface area (Å²) in [6.45, 7) is 0. The average molecular weight is 803 g/mol. The van der Waals surface area contributed by atoms with Crippen molar-refractivity contribution in [2.45, 2.75) is 0 Å². The lowest BCUT2D eigenvalue weighted by Gasteiger charge is -2.27. The molecule has 13 rings (SSSR count). The Hall–Kier alpha value is -8.40. The fourth-order valence-electron chi connectivity index (χ4n) is 10.1. The third kappa shape index (κ3) is 5.60. The van der Waals surface area contributed by atoms with E-state index in [1.807, 2.05) is 12.1 Å². The van der Waals surface area contributed by atoms with Gasteiger partial charge in [0, 0.05) is 44.3 Å². The van der Waals surface area contributed by atoms with E-state index in [1.165, 1.54) is 70.8 Å². The Morgan fingerprint density at radius 1 is 0.302 bits per heavy atom. The molecule has 2 heterocycles. The minimum atomic E-state index is 0.909. The van der Waals surface area contributed by atoms with E-state index >= 15 is 0 Å². The van der Waals surface area contributed by atoms with Gasteiger partial charge in [-0.25, -0.2) is 0 Å². The fourth-order valence-corrected chi connectivity index (χ4v) is 10.1. The summed E-state index contributed by atoms with van der Waals surface area (Å²) in [5.74, 6) is 0. The first-order valence-electron chi connectivity index (χ1n) is 21.6. The molecule has 3 nitrogen and oxygen atoms in total. The van der Waals surface area contributed by atoms with E-state index in [1.54, 1.807) is 0 Å². The van der Waals surface area contributed by atoms with E-state index in [2.05, 4.69) is 228 Å². The molecule has 0 fully saturated rings. The van der Waals surface area contributed by atoms with Crippen LogP contribution in [0.1, 0.15) is 0 Å². The molecule has 0 atom stereocenters. The van der Waals surface area contributed by atoms with Crippen molar-refractivity contribution in [1.82, 2.24) is 4.57 Å². The smallest absolute Gasteiger partial charge is 0.136 e. The van der Waals surface area contributed by atoms with Crippen LogP contribution in [0, 0.1) is 0 Å². The van der Waals surface area contributed by atoms with Gasteiger partial charge in [0.2, 0.25) is 0 Å². The van der Waals surface area contributed by atoms with E-state index < -0.39 is 0 Å². The SMILES string of the molecule is c1cc(N(c2ccc(-c3ccc(-c4cccc5oc6ccccc6c45)cc3)cc2)c2ccc3c4ccccc4c4ccccc4c3c2)cc(-n2c3ccccc3c3ccccc32)c1. The van der Waals surface area contributed by atoms with Gasteiger partial charge in [-0.3, -0.25) is 0 Å². The third-order valence-electron chi connectivity index (χ3n) is 13.0. The molecule has 0 N–H and O–H groups in total. The summed E-state index contributed by atoms with van der Waals surface area (Å²) >= 11 is 0. The summed E-state index contributed by atoms with van der Waals surface area (Å²) in [6.07, 6.45) is 0. The molecule has 0 spiro atoms. The van der Waals surface area contributed by atoms with Crippen molar-refractivity contribution in [2.24, 2.45) is 0 Å². The minimum Gasteiger partial charge on any atom is -0.456 e. The van der Waals surface area contributed by atoms with Gasteiger partial charge in [-0.05, 0) is 121 Å². The topological polar surface area (TPSA) is 21.3 Å². The van der Waals surface area contributed by atoms with Crippen molar-refractivity contribution in [3.63, 3.8) is 0 Å². The van der Waals surface area contributed by atoms with Crippen molar-refractivity contribution in [3.8, 4) is 27.9 Å². The molecule has 11 aromatic carbocycles. The van der Waals surface area contributed by atoms with Gasteiger partial charge >= 0.3 is 0 Å². The molecule has 0 aliphatic carbocycles. The number of hydrogen-bond donors (Lipinski definition) is 0. The molecule has 294 valence electrons. The van der Waals surface area contributed by atoms with Crippen LogP contribution in [0.15, 0.2) is 235 Å². The molecular formula is C60H38N2O. The molecule has 13 aromatic rings. The van der Waals surface area contributed by atoms with E-state index in [0.29, 0.717) is 0 Å². The molecule has 0 aliphatic heterocycles. The second-order valence-electron chi connectivity index (χ2n) is 16.4. The summed E-state index contributed by atoms with van der Waals surface area (Å²) in [4.78, 5) is 2.41. The number of hydrogen-bond acceptors (Lipinski definition) is 2. The molecule has 0 amide bonds.